The summed E-state index contributed by atoms with van der Waals surface area (Å²) in [5.74, 6) is -1.05. The molecular formula is C12H12Cl2N2O5. The van der Waals surface area contributed by atoms with Gasteiger partial charge in [-0.2, -0.15) is 0 Å². The Hall–Kier alpha value is -1.57. The molecule has 1 aliphatic rings. The van der Waals surface area contributed by atoms with E-state index >= 15 is 0 Å². The number of hydrogen-bond acceptors (Lipinski definition) is 5. The van der Waals surface area contributed by atoms with Crippen LogP contribution in [0.5, 0.6) is 0 Å². The first-order valence-electron chi connectivity index (χ1n) is 6.08. The van der Waals surface area contributed by atoms with E-state index in [-0.39, 0.29) is 34.3 Å². The molecule has 1 heterocycles. The quantitative estimate of drug-likeness (QED) is 0.648. The Morgan fingerprint density at radius 2 is 1.86 bits per heavy atom. The lowest BCUT2D eigenvalue weighted by molar-refractivity contribution is -0.384. The minimum atomic E-state index is -1.25. The van der Waals surface area contributed by atoms with Crippen molar-refractivity contribution in [1.29, 1.82) is 0 Å². The van der Waals surface area contributed by atoms with Gasteiger partial charge < -0.3 is 15.2 Å². The van der Waals surface area contributed by atoms with Crippen molar-refractivity contribution in [3.63, 3.8) is 0 Å². The number of anilines is 1. The number of halogens is 2. The molecule has 0 bridgehead atoms. The van der Waals surface area contributed by atoms with Gasteiger partial charge in [-0.1, -0.05) is 23.2 Å². The highest BCUT2D eigenvalue weighted by Crippen LogP contribution is 2.38. The lowest BCUT2D eigenvalue weighted by Crippen LogP contribution is -2.50. The van der Waals surface area contributed by atoms with Gasteiger partial charge >= 0.3 is 5.97 Å². The van der Waals surface area contributed by atoms with Gasteiger partial charge in [-0.15, -0.1) is 0 Å². The van der Waals surface area contributed by atoms with Crippen molar-refractivity contribution in [2.24, 2.45) is 0 Å². The van der Waals surface area contributed by atoms with Crippen LogP contribution in [0.1, 0.15) is 12.8 Å². The SMILES string of the molecule is O=C(O)C1(Nc2c(Cl)cc([N+](=O)[O-])cc2Cl)CCOCC1. The molecule has 2 rings (SSSR count). The van der Waals surface area contributed by atoms with Gasteiger partial charge in [0.1, 0.15) is 5.54 Å². The number of rotatable bonds is 4. The number of carbonyl (C=O) groups is 1. The van der Waals surface area contributed by atoms with E-state index in [1.807, 2.05) is 0 Å². The largest absolute Gasteiger partial charge is 0.480 e. The maximum Gasteiger partial charge on any atom is 0.329 e. The molecule has 1 aromatic rings. The van der Waals surface area contributed by atoms with Crippen molar-refractivity contribution >= 4 is 40.5 Å². The van der Waals surface area contributed by atoms with Crippen LogP contribution in [0.2, 0.25) is 10.0 Å². The lowest BCUT2D eigenvalue weighted by atomic mass is 9.89. The molecule has 0 unspecified atom stereocenters. The highest BCUT2D eigenvalue weighted by molar-refractivity contribution is 6.39. The first-order chi connectivity index (χ1) is 9.85. The molecule has 2 N–H and O–H groups in total. The molecule has 0 atom stereocenters. The van der Waals surface area contributed by atoms with E-state index in [9.17, 15) is 20.0 Å². The number of nitro groups is 1. The van der Waals surface area contributed by atoms with E-state index in [4.69, 9.17) is 27.9 Å². The molecule has 114 valence electrons. The Bertz CT molecular complexity index is 564. The van der Waals surface area contributed by atoms with E-state index in [0.717, 1.165) is 12.1 Å². The van der Waals surface area contributed by atoms with Crippen molar-refractivity contribution in [2.75, 3.05) is 18.5 Å². The van der Waals surface area contributed by atoms with Crippen LogP contribution >= 0.6 is 23.2 Å². The van der Waals surface area contributed by atoms with Crippen LogP contribution < -0.4 is 5.32 Å². The second-order valence-corrected chi connectivity index (χ2v) is 5.48. The van der Waals surface area contributed by atoms with Crippen LogP contribution in [0.15, 0.2) is 12.1 Å². The van der Waals surface area contributed by atoms with E-state index in [1.54, 1.807) is 0 Å². The predicted molar refractivity (Wildman–Crippen MR) is 77.2 cm³/mol. The van der Waals surface area contributed by atoms with Gasteiger partial charge in [-0.05, 0) is 0 Å². The topological polar surface area (TPSA) is 102 Å². The van der Waals surface area contributed by atoms with E-state index < -0.39 is 16.4 Å². The van der Waals surface area contributed by atoms with E-state index in [1.165, 1.54) is 0 Å². The fourth-order valence-electron chi connectivity index (χ4n) is 2.14. The summed E-state index contributed by atoms with van der Waals surface area (Å²) < 4.78 is 5.17. The summed E-state index contributed by atoms with van der Waals surface area (Å²) in [5.41, 5.74) is -1.33. The minimum absolute atomic E-state index is 0.00122. The fourth-order valence-corrected chi connectivity index (χ4v) is 2.71. The van der Waals surface area contributed by atoms with Crippen LogP contribution in [0.3, 0.4) is 0 Å². The molecule has 1 saturated heterocycles. The number of carboxylic acid groups (broad SMARTS) is 1. The number of nitrogens with one attached hydrogen (secondary N) is 1. The summed E-state index contributed by atoms with van der Waals surface area (Å²) >= 11 is 12.0. The van der Waals surface area contributed by atoms with Gasteiger partial charge in [0.05, 0.1) is 20.7 Å². The number of nitrogens with zero attached hydrogens (tertiary/aromatic N) is 1. The smallest absolute Gasteiger partial charge is 0.329 e. The number of non-ortho nitro benzene ring substituents is 1. The second-order valence-electron chi connectivity index (χ2n) is 4.67. The zero-order valence-electron chi connectivity index (χ0n) is 10.8. The van der Waals surface area contributed by atoms with Crippen LogP contribution in [0.25, 0.3) is 0 Å². The molecule has 0 spiro atoms. The van der Waals surface area contributed by atoms with Crippen molar-refractivity contribution < 1.29 is 19.6 Å². The molecule has 0 aliphatic carbocycles. The highest BCUT2D eigenvalue weighted by atomic mass is 35.5. The van der Waals surface area contributed by atoms with Gasteiger partial charge in [0.15, 0.2) is 0 Å². The zero-order valence-corrected chi connectivity index (χ0v) is 12.3. The molecule has 0 aromatic heterocycles. The van der Waals surface area contributed by atoms with E-state index in [2.05, 4.69) is 5.32 Å². The van der Waals surface area contributed by atoms with Crippen molar-refractivity contribution in [1.82, 2.24) is 0 Å². The molecule has 0 saturated carbocycles. The summed E-state index contributed by atoms with van der Waals surface area (Å²) in [7, 11) is 0. The predicted octanol–water partition coefficient (Wildman–Crippen LogP) is 2.95. The molecule has 7 nitrogen and oxygen atoms in total. The van der Waals surface area contributed by atoms with Gasteiger partial charge in [-0.3, -0.25) is 10.1 Å². The number of carboxylic acids is 1. The Kier molecular flexibility index (Phi) is 4.55. The minimum Gasteiger partial charge on any atom is -0.480 e. The number of aliphatic carboxylic acids is 1. The zero-order chi connectivity index (χ0) is 15.6. The van der Waals surface area contributed by atoms with Gasteiger partial charge in [-0.25, -0.2) is 4.79 Å². The standard InChI is InChI=1S/C12H12Cl2N2O5/c13-8-5-7(16(19)20)6-9(14)10(8)15-12(11(17)18)1-3-21-4-2-12/h5-6,15H,1-4H2,(H,17,18). The maximum absolute atomic E-state index is 11.6. The fraction of sp³-hybridized carbons (Fsp3) is 0.417. The van der Waals surface area contributed by atoms with Crippen molar-refractivity contribution in [3.8, 4) is 0 Å². The van der Waals surface area contributed by atoms with Crippen LogP contribution in [0.4, 0.5) is 11.4 Å². The van der Waals surface area contributed by atoms with Gasteiger partial charge in [0, 0.05) is 38.2 Å². The van der Waals surface area contributed by atoms with Gasteiger partial charge in [0.25, 0.3) is 5.69 Å². The first kappa shape index (κ1) is 15.8. The molecular weight excluding hydrogens is 323 g/mol. The summed E-state index contributed by atoms with van der Waals surface area (Å²) in [4.78, 5) is 21.7. The molecule has 0 radical (unpaired) electrons. The van der Waals surface area contributed by atoms with Crippen LogP contribution in [0, 0.1) is 10.1 Å². The molecule has 1 fully saturated rings. The molecule has 1 aliphatic heterocycles. The lowest BCUT2D eigenvalue weighted by Gasteiger charge is -2.35. The second kappa shape index (κ2) is 6.05. The van der Waals surface area contributed by atoms with Gasteiger partial charge in [0.2, 0.25) is 0 Å². The Morgan fingerprint density at radius 1 is 1.33 bits per heavy atom. The molecule has 1 aromatic carbocycles. The third-order valence-corrected chi connectivity index (χ3v) is 3.95. The summed E-state index contributed by atoms with van der Waals surface area (Å²) in [6.45, 7) is 0.586. The Balaban J connectivity index is 2.37. The van der Waals surface area contributed by atoms with E-state index in [0.29, 0.717) is 13.2 Å². The normalized spacial score (nSPS) is 17.2. The van der Waals surface area contributed by atoms with Crippen LogP contribution in [-0.2, 0) is 9.53 Å². The monoisotopic (exact) mass is 334 g/mol. The maximum atomic E-state index is 11.6. The number of nitro benzene ring substituents is 1. The summed E-state index contributed by atoms with van der Waals surface area (Å²) in [6.07, 6.45) is 0.484. The molecule has 21 heavy (non-hydrogen) atoms. The third-order valence-electron chi connectivity index (χ3n) is 3.36. The number of benzene rings is 1. The number of ether oxygens (including phenoxy) is 1. The van der Waals surface area contributed by atoms with Crippen molar-refractivity contribution in [2.45, 2.75) is 18.4 Å². The third kappa shape index (κ3) is 3.20. The Morgan fingerprint density at radius 3 is 2.29 bits per heavy atom. The average Bonchev–Trinajstić information content (AvgIpc) is 2.43. The first-order valence-corrected chi connectivity index (χ1v) is 6.84. The number of hydrogen-bond donors (Lipinski definition) is 2. The molecule has 9 heteroatoms. The average molecular weight is 335 g/mol. The van der Waals surface area contributed by atoms with Crippen LogP contribution in [-0.4, -0.2) is 34.8 Å². The Labute approximate surface area is 129 Å². The summed E-state index contributed by atoms with van der Waals surface area (Å²) in [6, 6.07) is 2.26. The highest BCUT2D eigenvalue weighted by Gasteiger charge is 2.41. The summed E-state index contributed by atoms with van der Waals surface area (Å²) in [5, 5.41) is 23.0. The molecule has 0 amide bonds. The van der Waals surface area contributed by atoms with Crippen molar-refractivity contribution in [3.05, 3.63) is 32.3 Å².